The van der Waals surface area contributed by atoms with Crippen LogP contribution in [0.15, 0.2) is 23.0 Å². The first-order valence-electron chi connectivity index (χ1n) is 8.59. The van der Waals surface area contributed by atoms with Crippen LogP contribution in [-0.4, -0.2) is 21.7 Å². The van der Waals surface area contributed by atoms with E-state index < -0.39 is 10.5 Å². The van der Waals surface area contributed by atoms with Crippen molar-refractivity contribution in [1.29, 1.82) is 0 Å². The predicted octanol–water partition coefficient (Wildman–Crippen LogP) is 3.98. The highest BCUT2D eigenvalue weighted by molar-refractivity contribution is 5.89. The number of unbranched alkanes of at least 4 members (excludes halogenated alkanes) is 5. The molecule has 7 heteroatoms. The zero-order chi connectivity index (χ0) is 18.4. The summed E-state index contributed by atoms with van der Waals surface area (Å²) in [5, 5.41) is 21.7. The molecule has 0 saturated carbocycles. The maximum Gasteiger partial charge on any atom is 0.297 e. The molecule has 1 N–H and O–H groups in total. The van der Waals surface area contributed by atoms with Gasteiger partial charge in [0.1, 0.15) is 0 Å². The molecule has 0 amide bonds. The number of aromatic hydroxyl groups is 1. The first-order chi connectivity index (χ1) is 12.0. The summed E-state index contributed by atoms with van der Waals surface area (Å²) in [4.78, 5) is 23.1. The molecule has 136 valence electrons. The quantitative estimate of drug-likeness (QED) is 0.420. The minimum Gasteiger partial charge on any atom is -0.504 e. The normalized spacial score (nSPS) is 11.0. The number of pyridine rings is 1. The number of rotatable bonds is 9. The second-order valence-electron chi connectivity index (χ2n) is 6.06. The summed E-state index contributed by atoms with van der Waals surface area (Å²) >= 11 is 0. The molecule has 2 aromatic rings. The van der Waals surface area contributed by atoms with Crippen molar-refractivity contribution in [2.75, 3.05) is 7.11 Å². The Labute approximate surface area is 146 Å². The van der Waals surface area contributed by atoms with Gasteiger partial charge >= 0.3 is 0 Å². The van der Waals surface area contributed by atoms with Crippen LogP contribution in [0.3, 0.4) is 0 Å². The lowest BCUT2D eigenvalue weighted by atomic mass is 10.1. The molecular weight excluding hydrogens is 324 g/mol. The SMILES string of the molecule is CCCCCCCCn1c(=O)c(OC)c(O)c2ccc([N+](=O)[O-])cc21. The molecule has 1 heterocycles. The Kier molecular flexibility index (Phi) is 6.38. The molecule has 0 fully saturated rings. The molecular formula is C18H24N2O5. The van der Waals surface area contributed by atoms with Gasteiger partial charge in [0.2, 0.25) is 5.75 Å². The van der Waals surface area contributed by atoms with E-state index in [9.17, 15) is 20.0 Å². The number of fused-ring (bicyclic) bond motifs is 1. The lowest BCUT2D eigenvalue weighted by Gasteiger charge is -2.14. The van der Waals surface area contributed by atoms with Gasteiger partial charge in [-0.05, 0) is 12.5 Å². The number of nitro benzene ring substituents is 1. The van der Waals surface area contributed by atoms with E-state index in [1.165, 1.54) is 42.7 Å². The van der Waals surface area contributed by atoms with Crippen molar-refractivity contribution in [3.63, 3.8) is 0 Å². The molecule has 0 unspecified atom stereocenters. The van der Waals surface area contributed by atoms with Crippen molar-refractivity contribution in [2.45, 2.75) is 52.0 Å². The summed E-state index contributed by atoms with van der Waals surface area (Å²) < 4.78 is 6.50. The van der Waals surface area contributed by atoms with Crippen molar-refractivity contribution in [3.8, 4) is 11.5 Å². The number of nitrogens with zero attached hydrogens (tertiary/aromatic N) is 2. The van der Waals surface area contributed by atoms with E-state index in [-0.39, 0.29) is 17.2 Å². The second kappa shape index (κ2) is 8.50. The van der Waals surface area contributed by atoms with E-state index in [1.807, 2.05) is 0 Å². The Morgan fingerprint density at radius 1 is 1.20 bits per heavy atom. The zero-order valence-electron chi connectivity index (χ0n) is 14.7. The highest BCUT2D eigenvalue weighted by atomic mass is 16.6. The summed E-state index contributed by atoms with van der Waals surface area (Å²) in [7, 11) is 1.32. The largest absolute Gasteiger partial charge is 0.504 e. The minimum absolute atomic E-state index is 0.117. The molecule has 0 saturated heterocycles. The number of benzene rings is 1. The Morgan fingerprint density at radius 2 is 1.88 bits per heavy atom. The summed E-state index contributed by atoms with van der Waals surface area (Å²) in [6.45, 7) is 2.58. The maximum atomic E-state index is 12.6. The standard InChI is InChI=1S/C18H24N2O5/c1-3-4-5-6-7-8-11-19-15-12-13(20(23)24)9-10-14(15)16(21)17(25-2)18(19)22/h9-10,12,21H,3-8,11H2,1-2H3. The Balaban J connectivity index is 2.39. The van der Waals surface area contributed by atoms with Crippen molar-refractivity contribution in [2.24, 2.45) is 0 Å². The van der Waals surface area contributed by atoms with Crippen molar-refractivity contribution >= 4 is 16.6 Å². The fraction of sp³-hybridized carbons (Fsp3) is 0.500. The number of hydrogen-bond acceptors (Lipinski definition) is 5. The molecule has 2 rings (SSSR count). The molecule has 0 radical (unpaired) electrons. The zero-order valence-corrected chi connectivity index (χ0v) is 14.7. The number of ether oxygens (including phenoxy) is 1. The molecule has 1 aromatic carbocycles. The van der Waals surface area contributed by atoms with Crippen LogP contribution in [-0.2, 0) is 6.54 Å². The summed E-state index contributed by atoms with van der Waals surface area (Å²) in [6.07, 6.45) is 6.39. The van der Waals surface area contributed by atoms with E-state index in [0.29, 0.717) is 17.4 Å². The molecule has 0 aliphatic rings. The second-order valence-corrected chi connectivity index (χ2v) is 6.06. The summed E-state index contributed by atoms with van der Waals surface area (Å²) in [5.41, 5.74) is -0.235. The van der Waals surface area contributed by atoms with E-state index in [2.05, 4.69) is 6.92 Å². The van der Waals surface area contributed by atoms with Gasteiger partial charge in [0.05, 0.1) is 17.5 Å². The number of non-ortho nitro benzene ring substituents is 1. The fourth-order valence-corrected chi connectivity index (χ4v) is 2.97. The van der Waals surface area contributed by atoms with Crippen LogP contribution in [0.2, 0.25) is 0 Å². The minimum atomic E-state index is -0.514. The first kappa shape index (κ1) is 18.8. The number of methoxy groups -OCH3 is 1. The van der Waals surface area contributed by atoms with Crippen LogP contribution in [0.4, 0.5) is 5.69 Å². The summed E-state index contributed by atoms with van der Waals surface area (Å²) in [5.74, 6) is -0.413. The third kappa shape index (κ3) is 4.10. The van der Waals surface area contributed by atoms with E-state index in [0.717, 1.165) is 25.7 Å². The monoisotopic (exact) mass is 348 g/mol. The van der Waals surface area contributed by atoms with Crippen molar-refractivity contribution < 1.29 is 14.8 Å². The molecule has 7 nitrogen and oxygen atoms in total. The number of hydrogen-bond donors (Lipinski definition) is 1. The van der Waals surface area contributed by atoms with Gasteiger partial charge < -0.3 is 14.4 Å². The topological polar surface area (TPSA) is 94.6 Å². The van der Waals surface area contributed by atoms with Gasteiger partial charge in [-0.2, -0.15) is 0 Å². The average Bonchev–Trinajstić information content (AvgIpc) is 2.60. The molecule has 1 aromatic heterocycles. The van der Waals surface area contributed by atoms with Gasteiger partial charge in [-0.15, -0.1) is 0 Å². The molecule has 0 aliphatic carbocycles. The molecule has 0 atom stereocenters. The van der Waals surface area contributed by atoms with Gasteiger partial charge in [-0.25, -0.2) is 0 Å². The van der Waals surface area contributed by atoms with Gasteiger partial charge in [0.15, 0.2) is 5.75 Å². The van der Waals surface area contributed by atoms with E-state index in [4.69, 9.17) is 4.74 Å². The number of aryl methyl sites for hydroxylation is 1. The molecule has 0 bridgehead atoms. The first-order valence-corrected chi connectivity index (χ1v) is 8.59. The molecule has 0 aliphatic heterocycles. The summed E-state index contributed by atoms with van der Waals surface area (Å²) in [6, 6.07) is 4.08. The van der Waals surface area contributed by atoms with E-state index >= 15 is 0 Å². The lowest BCUT2D eigenvalue weighted by molar-refractivity contribution is -0.384. The lowest BCUT2D eigenvalue weighted by Crippen LogP contribution is -2.22. The number of aromatic nitrogens is 1. The third-order valence-electron chi connectivity index (χ3n) is 4.33. The average molecular weight is 348 g/mol. The maximum absolute atomic E-state index is 12.6. The van der Waals surface area contributed by atoms with Crippen LogP contribution in [0.25, 0.3) is 10.9 Å². The smallest absolute Gasteiger partial charge is 0.297 e. The Morgan fingerprint density at radius 3 is 2.52 bits per heavy atom. The van der Waals surface area contributed by atoms with Gasteiger partial charge in [-0.1, -0.05) is 39.0 Å². The molecule has 0 spiro atoms. The molecule has 25 heavy (non-hydrogen) atoms. The highest BCUT2D eigenvalue weighted by Gasteiger charge is 2.19. The highest BCUT2D eigenvalue weighted by Crippen LogP contribution is 2.33. The predicted molar refractivity (Wildman–Crippen MR) is 96.5 cm³/mol. The van der Waals surface area contributed by atoms with Gasteiger partial charge in [0.25, 0.3) is 11.2 Å². The fourth-order valence-electron chi connectivity index (χ4n) is 2.97. The van der Waals surface area contributed by atoms with Crippen LogP contribution in [0.5, 0.6) is 11.5 Å². The Bertz CT molecular complexity index is 813. The van der Waals surface area contributed by atoms with Crippen LogP contribution < -0.4 is 10.3 Å². The van der Waals surface area contributed by atoms with Crippen molar-refractivity contribution in [1.82, 2.24) is 4.57 Å². The van der Waals surface area contributed by atoms with Crippen LogP contribution >= 0.6 is 0 Å². The van der Waals surface area contributed by atoms with Gasteiger partial charge in [-0.3, -0.25) is 14.9 Å². The van der Waals surface area contributed by atoms with E-state index in [1.54, 1.807) is 0 Å². The van der Waals surface area contributed by atoms with Crippen LogP contribution in [0.1, 0.15) is 45.4 Å². The van der Waals surface area contributed by atoms with Gasteiger partial charge in [0, 0.05) is 24.1 Å². The Hall–Kier alpha value is -2.57. The van der Waals surface area contributed by atoms with Crippen LogP contribution in [0, 0.1) is 10.1 Å². The number of nitro groups is 1. The third-order valence-corrected chi connectivity index (χ3v) is 4.33. The van der Waals surface area contributed by atoms with Crippen molar-refractivity contribution in [3.05, 3.63) is 38.7 Å².